The monoisotopic (exact) mass is 399 g/mol. The highest BCUT2D eigenvalue weighted by molar-refractivity contribution is 8.00. The fraction of sp³-hybridized carbons (Fsp3) is 0.211. The molecule has 8 nitrogen and oxygen atoms in total. The molecule has 3 aromatic rings. The second-order valence-electron chi connectivity index (χ2n) is 5.92. The Bertz CT molecular complexity index is 989. The number of anilines is 1. The molecule has 1 amide bonds. The summed E-state index contributed by atoms with van der Waals surface area (Å²) in [6.07, 6.45) is 0. The van der Waals surface area contributed by atoms with Gasteiger partial charge in [-0.15, -0.1) is 10.2 Å². The van der Waals surface area contributed by atoms with E-state index < -0.39 is 5.25 Å². The standard InChI is InChI=1S/C19H17N3O5S/c1-11(17(23)20-13-5-8-15-16(9-13)26-10-25-15)28-19-22-21-18(27-19)12-3-6-14(24-2)7-4-12/h3-9,11H,10H2,1-2H3,(H,20,23)/t11-/m0/s1. The average molecular weight is 399 g/mol. The van der Waals surface area contributed by atoms with Crippen LogP contribution in [0.5, 0.6) is 17.2 Å². The van der Waals surface area contributed by atoms with Crippen LogP contribution in [0.1, 0.15) is 6.92 Å². The SMILES string of the molecule is COc1ccc(-c2nnc(S[C@@H](C)C(=O)Nc3ccc4c(c3)OCO4)o2)cc1. The van der Waals surface area contributed by atoms with Gasteiger partial charge in [0.1, 0.15) is 5.75 Å². The number of aromatic nitrogens is 2. The molecule has 0 unspecified atom stereocenters. The van der Waals surface area contributed by atoms with Crippen molar-refractivity contribution in [2.24, 2.45) is 0 Å². The fourth-order valence-corrected chi connectivity index (χ4v) is 3.21. The number of nitrogens with one attached hydrogen (secondary N) is 1. The normalized spacial score (nSPS) is 13.2. The molecule has 1 aromatic heterocycles. The third-order valence-electron chi connectivity index (χ3n) is 4.03. The highest BCUT2D eigenvalue weighted by Crippen LogP contribution is 2.34. The van der Waals surface area contributed by atoms with Crippen LogP contribution in [0.4, 0.5) is 5.69 Å². The van der Waals surface area contributed by atoms with E-state index in [4.69, 9.17) is 18.6 Å². The van der Waals surface area contributed by atoms with Crippen LogP contribution in [0, 0.1) is 0 Å². The average Bonchev–Trinajstić information content (AvgIpc) is 3.37. The maximum absolute atomic E-state index is 12.5. The number of hydrogen-bond donors (Lipinski definition) is 1. The van der Waals surface area contributed by atoms with Gasteiger partial charge in [0.05, 0.1) is 12.4 Å². The van der Waals surface area contributed by atoms with Gasteiger partial charge in [-0.3, -0.25) is 4.79 Å². The summed E-state index contributed by atoms with van der Waals surface area (Å²) in [7, 11) is 1.60. The third-order valence-corrected chi connectivity index (χ3v) is 4.96. The zero-order valence-electron chi connectivity index (χ0n) is 15.2. The van der Waals surface area contributed by atoms with Gasteiger partial charge in [-0.25, -0.2) is 0 Å². The molecule has 2 heterocycles. The van der Waals surface area contributed by atoms with E-state index >= 15 is 0 Å². The Kier molecular flexibility index (Phi) is 5.07. The van der Waals surface area contributed by atoms with Crippen LogP contribution in [-0.4, -0.2) is 35.3 Å². The van der Waals surface area contributed by atoms with Gasteiger partial charge in [-0.05, 0) is 43.3 Å². The summed E-state index contributed by atoms with van der Waals surface area (Å²) in [5.74, 6) is 2.21. The molecule has 0 spiro atoms. The van der Waals surface area contributed by atoms with E-state index in [0.717, 1.165) is 11.3 Å². The van der Waals surface area contributed by atoms with Crippen LogP contribution in [0.25, 0.3) is 11.5 Å². The van der Waals surface area contributed by atoms with E-state index in [0.29, 0.717) is 28.3 Å². The van der Waals surface area contributed by atoms with Gasteiger partial charge in [-0.1, -0.05) is 11.8 Å². The Morgan fingerprint density at radius 3 is 2.71 bits per heavy atom. The van der Waals surface area contributed by atoms with Crippen molar-refractivity contribution in [1.82, 2.24) is 10.2 Å². The van der Waals surface area contributed by atoms with Crippen LogP contribution in [-0.2, 0) is 4.79 Å². The van der Waals surface area contributed by atoms with Gasteiger partial charge < -0.3 is 23.9 Å². The zero-order chi connectivity index (χ0) is 19.5. The van der Waals surface area contributed by atoms with Gasteiger partial charge in [0.25, 0.3) is 5.22 Å². The van der Waals surface area contributed by atoms with Gasteiger partial charge in [0, 0.05) is 17.3 Å². The maximum Gasteiger partial charge on any atom is 0.277 e. The van der Waals surface area contributed by atoms with Crippen molar-refractivity contribution in [2.75, 3.05) is 19.2 Å². The summed E-state index contributed by atoms with van der Waals surface area (Å²) in [6.45, 7) is 1.96. The van der Waals surface area contributed by atoms with Crippen LogP contribution < -0.4 is 19.5 Å². The number of methoxy groups -OCH3 is 1. The Balaban J connectivity index is 1.38. The van der Waals surface area contributed by atoms with Crippen LogP contribution >= 0.6 is 11.8 Å². The first-order chi connectivity index (χ1) is 13.6. The predicted octanol–water partition coefficient (Wildman–Crippen LogP) is 3.59. The largest absolute Gasteiger partial charge is 0.497 e. The van der Waals surface area contributed by atoms with E-state index in [-0.39, 0.29) is 12.7 Å². The Labute approximate surface area is 165 Å². The number of fused-ring (bicyclic) bond motifs is 1. The van der Waals surface area contributed by atoms with E-state index in [1.165, 1.54) is 11.8 Å². The molecule has 144 valence electrons. The van der Waals surface area contributed by atoms with E-state index in [1.807, 2.05) is 24.3 Å². The summed E-state index contributed by atoms with van der Waals surface area (Å²) in [5, 5.41) is 10.8. The van der Waals surface area contributed by atoms with E-state index in [9.17, 15) is 4.79 Å². The number of carbonyl (C=O) groups excluding carboxylic acids is 1. The minimum atomic E-state index is -0.436. The van der Waals surface area contributed by atoms with Crippen molar-refractivity contribution in [3.8, 4) is 28.7 Å². The molecule has 0 saturated carbocycles. The highest BCUT2D eigenvalue weighted by atomic mass is 32.2. The number of rotatable bonds is 6. The van der Waals surface area contributed by atoms with Crippen LogP contribution in [0.2, 0.25) is 0 Å². The summed E-state index contributed by atoms with van der Waals surface area (Å²) < 4.78 is 21.4. The quantitative estimate of drug-likeness (QED) is 0.628. The van der Waals surface area contributed by atoms with Crippen molar-refractivity contribution in [3.05, 3.63) is 42.5 Å². The molecule has 2 aromatic carbocycles. The van der Waals surface area contributed by atoms with Gasteiger partial charge in [-0.2, -0.15) is 0 Å². The lowest BCUT2D eigenvalue weighted by Crippen LogP contribution is -2.22. The number of ether oxygens (including phenoxy) is 3. The first-order valence-electron chi connectivity index (χ1n) is 8.47. The number of nitrogens with zero attached hydrogens (tertiary/aromatic N) is 2. The summed E-state index contributed by atoms with van der Waals surface area (Å²) in [6, 6.07) is 12.5. The Hall–Kier alpha value is -3.20. The smallest absolute Gasteiger partial charge is 0.277 e. The van der Waals surface area contributed by atoms with Gasteiger partial charge in [0.2, 0.25) is 18.6 Å². The highest BCUT2D eigenvalue weighted by Gasteiger charge is 2.20. The molecule has 9 heteroatoms. The number of carbonyl (C=O) groups is 1. The number of hydrogen-bond acceptors (Lipinski definition) is 8. The maximum atomic E-state index is 12.5. The molecule has 1 atom stereocenters. The van der Waals surface area contributed by atoms with Gasteiger partial charge >= 0.3 is 0 Å². The molecule has 1 aliphatic rings. The Morgan fingerprint density at radius 1 is 1.14 bits per heavy atom. The molecule has 28 heavy (non-hydrogen) atoms. The number of amides is 1. The molecule has 0 bridgehead atoms. The lowest BCUT2D eigenvalue weighted by molar-refractivity contribution is -0.115. The second-order valence-corrected chi connectivity index (χ2v) is 7.21. The zero-order valence-corrected chi connectivity index (χ0v) is 16.0. The number of thioether (sulfide) groups is 1. The molecule has 0 saturated heterocycles. The molecular weight excluding hydrogens is 382 g/mol. The summed E-state index contributed by atoms with van der Waals surface area (Å²) >= 11 is 1.19. The predicted molar refractivity (Wildman–Crippen MR) is 103 cm³/mol. The van der Waals surface area contributed by atoms with Gasteiger partial charge in [0.15, 0.2) is 11.5 Å². The third kappa shape index (κ3) is 3.89. The molecule has 0 aliphatic carbocycles. The molecule has 4 rings (SSSR count). The lowest BCUT2D eigenvalue weighted by atomic mass is 10.2. The topological polar surface area (TPSA) is 95.7 Å². The fourth-order valence-electron chi connectivity index (χ4n) is 2.53. The van der Waals surface area contributed by atoms with Crippen molar-refractivity contribution >= 4 is 23.4 Å². The van der Waals surface area contributed by atoms with E-state index in [1.54, 1.807) is 32.2 Å². The molecule has 1 aliphatic heterocycles. The van der Waals surface area contributed by atoms with Crippen LogP contribution in [0.15, 0.2) is 52.1 Å². The van der Waals surface area contributed by atoms with Crippen LogP contribution in [0.3, 0.4) is 0 Å². The summed E-state index contributed by atoms with van der Waals surface area (Å²) in [4.78, 5) is 12.5. The van der Waals surface area contributed by atoms with Crippen molar-refractivity contribution in [2.45, 2.75) is 17.4 Å². The number of benzene rings is 2. The molecule has 1 N–H and O–H groups in total. The molecular formula is C19H17N3O5S. The summed E-state index contributed by atoms with van der Waals surface area (Å²) in [5.41, 5.74) is 1.41. The minimum absolute atomic E-state index is 0.187. The Morgan fingerprint density at radius 2 is 1.93 bits per heavy atom. The van der Waals surface area contributed by atoms with Crippen molar-refractivity contribution in [1.29, 1.82) is 0 Å². The first kappa shape index (κ1) is 18.2. The lowest BCUT2D eigenvalue weighted by Gasteiger charge is -2.10. The van der Waals surface area contributed by atoms with Crippen molar-refractivity contribution < 1.29 is 23.4 Å². The molecule has 0 fully saturated rings. The van der Waals surface area contributed by atoms with Crippen molar-refractivity contribution in [3.63, 3.8) is 0 Å². The van der Waals surface area contributed by atoms with E-state index in [2.05, 4.69) is 15.5 Å². The second kappa shape index (κ2) is 7.81. The molecule has 0 radical (unpaired) electrons. The minimum Gasteiger partial charge on any atom is -0.497 e. The first-order valence-corrected chi connectivity index (χ1v) is 9.35.